The van der Waals surface area contributed by atoms with E-state index in [0.717, 1.165) is 18.7 Å². The second-order valence-electron chi connectivity index (χ2n) is 5.74. The lowest BCUT2D eigenvalue weighted by atomic mass is 10.2. The molecule has 1 atom stereocenters. The Hall–Kier alpha value is -1.93. The van der Waals surface area contributed by atoms with Crippen molar-refractivity contribution in [1.82, 2.24) is 24.9 Å². The van der Waals surface area contributed by atoms with E-state index in [4.69, 9.17) is 4.74 Å². The van der Waals surface area contributed by atoms with E-state index >= 15 is 0 Å². The molecule has 3 rings (SSSR count). The highest BCUT2D eigenvalue weighted by Gasteiger charge is 2.29. The first-order valence-corrected chi connectivity index (χ1v) is 7.53. The van der Waals surface area contributed by atoms with Gasteiger partial charge in [0.25, 0.3) is 0 Å². The first-order valence-electron chi connectivity index (χ1n) is 7.53. The fourth-order valence-corrected chi connectivity index (χ4v) is 2.79. The summed E-state index contributed by atoms with van der Waals surface area (Å²) in [6.45, 7) is 6.20. The highest BCUT2D eigenvalue weighted by atomic mass is 16.5. The van der Waals surface area contributed by atoms with E-state index in [-0.39, 0.29) is 24.6 Å². The van der Waals surface area contributed by atoms with Crippen LogP contribution in [0.3, 0.4) is 0 Å². The first kappa shape index (κ1) is 15.0. The maximum Gasteiger partial charge on any atom is 0.324 e. The van der Waals surface area contributed by atoms with Gasteiger partial charge in [-0.3, -0.25) is 19.3 Å². The van der Waals surface area contributed by atoms with E-state index in [9.17, 15) is 9.59 Å². The van der Waals surface area contributed by atoms with Crippen molar-refractivity contribution in [2.24, 2.45) is 0 Å². The lowest BCUT2D eigenvalue weighted by Gasteiger charge is -2.33. The molecule has 1 aromatic rings. The lowest BCUT2D eigenvalue weighted by molar-refractivity contribution is -0.125. The van der Waals surface area contributed by atoms with Crippen molar-refractivity contribution >= 4 is 11.9 Å². The van der Waals surface area contributed by atoms with Crippen LogP contribution in [0.1, 0.15) is 5.56 Å². The Morgan fingerprint density at radius 2 is 2.27 bits per heavy atom. The molecule has 0 bridgehead atoms. The molecular weight excluding hydrogens is 286 g/mol. The van der Waals surface area contributed by atoms with Gasteiger partial charge in [-0.2, -0.15) is 5.10 Å². The molecule has 2 saturated heterocycles. The standard InChI is InChI=1S/C14H21N5O3/c1-11-6-16-18(8-11)10-12-9-17(4-5-22-12)2-3-19-13(20)7-15-14(19)21/h6,8,12H,2-5,7,9-10H2,1H3,(H,15,21). The summed E-state index contributed by atoms with van der Waals surface area (Å²) >= 11 is 0. The van der Waals surface area contributed by atoms with Crippen LogP contribution in [-0.4, -0.2) is 77.0 Å². The number of nitrogens with zero attached hydrogens (tertiary/aromatic N) is 4. The minimum absolute atomic E-state index is 0.0798. The second-order valence-corrected chi connectivity index (χ2v) is 5.74. The van der Waals surface area contributed by atoms with Crippen LogP contribution in [0.4, 0.5) is 4.79 Å². The first-order chi connectivity index (χ1) is 10.6. The number of carbonyl (C=O) groups excluding carboxylic acids is 2. The fraction of sp³-hybridized carbons (Fsp3) is 0.643. The van der Waals surface area contributed by atoms with Crippen molar-refractivity contribution < 1.29 is 14.3 Å². The SMILES string of the molecule is Cc1cnn(CC2CN(CCN3C(=O)CNC3=O)CCO2)c1. The van der Waals surface area contributed by atoms with Crippen molar-refractivity contribution in [2.75, 3.05) is 39.3 Å². The Balaban J connectivity index is 1.48. The van der Waals surface area contributed by atoms with E-state index in [1.165, 1.54) is 4.90 Å². The van der Waals surface area contributed by atoms with Crippen molar-refractivity contribution in [1.29, 1.82) is 0 Å². The van der Waals surface area contributed by atoms with Crippen LogP contribution in [0.5, 0.6) is 0 Å². The molecule has 3 heterocycles. The molecule has 8 nitrogen and oxygen atoms in total. The van der Waals surface area contributed by atoms with Gasteiger partial charge in [-0.25, -0.2) is 4.79 Å². The van der Waals surface area contributed by atoms with Gasteiger partial charge in [0.05, 0.1) is 32.0 Å². The Morgan fingerprint density at radius 3 is 2.95 bits per heavy atom. The largest absolute Gasteiger partial charge is 0.374 e. The van der Waals surface area contributed by atoms with Crippen LogP contribution in [-0.2, 0) is 16.1 Å². The average molecular weight is 307 g/mol. The molecule has 0 spiro atoms. The number of imide groups is 1. The smallest absolute Gasteiger partial charge is 0.324 e. The molecular formula is C14H21N5O3. The summed E-state index contributed by atoms with van der Waals surface area (Å²) in [4.78, 5) is 26.6. The number of amides is 3. The van der Waals surface area contributed by atoms with Crippen LogP contribution in [0, 0.1) is 6.92 Å². The fourth-order valence-electron chi connectivity index (χ4n) is 2.79. The second kappa shape index (κ2) is 6.45. The summed E-state index contributed by atoms with van der Waals surface area (Å²) in [5, 5.41) is 6.81. The molecule has 0 aliphatic carbocycles. The van der Waals surface area contributed by atoms with Gasteiger partial charge < -0.3 is 10.1 Å². The topological polar surface area (TPSA) is 79.7 Å². The van der Waals surface area contributed by atoms with E-state index in [2.05, 4.69) is 15.3 Å². The monoisotopic (exact) mass is 307 g/mol. The molecule has 22 heavy (non-hydrogen) atoms. The maximum atomic E-state index is 11.6. The van der Waals surface area contributed by atoms with Gasteiger partial charge in [-0.1, -0.05) is 0 Å². The van der Waals surface area contributed by atoms with Gasteiger partial charge in [0.15, 0.2) is 0 Å². The highest BCUT2D eigenvalue weighted by Crippen LogP contribution is 2.09. The molecule has 120 valence electrons. The number of aryl methyl sites for hydroxylation is 1. The summed E-state index contributed by atoms with van der Waals surface area (Å²) in [6, 6.07) is -0.290. The number of rotatable bonds is 5. The van der Waals surface area contributed by atoms with E-state index in [0.29, 0.717) is 26.2 Å². The normalized spacial score (nSPS) is 23.1. The molecule has 1 aromatic heterocycles. The summed E-state index contributed by atoms with van der Waals surface area (Å²) in [7, 11) is 0. The van der Waals surface area contributed by atoms with Gasteiger partial charge in [-0.05, 0) is 12.5 Å². The number of ether oxygens (including phenoxy) is 1. The van der Waals surface area contributed by atoms with Crippen LogP contribution in [0.25, 0.3) is 0 Å². The third-order valence-electron chi connectivity index (χ3n) is 3.95. The Morgan fingerprint density at radius 1 is 1.41 bits per heavy atom. The highest BCUT2D eigenvalue weighted by molar-refractivity contribution is 6.01. The summed E-state index contributed by atoms with van der Waals surface area (Å²) < 4.78 is 7.66. The van der Waals surface area contributed by atoms with Crippen molar-refractivity contribution in [3.8, 4) is 0 Å². The van der Waals surface area contributed by atoms with Crippen LogP contribution in [0.2, 0.25) is 0 Å². The Kier molecular flexibility index (Phi) is 4.39. The maximum absolute atomic E-state index is 11.6. The molecule has 0 radical (unpaired) electrons. The number of aromatic nitrogens is 2. The number of morpholine rings is 1. The zero-order chi connectivity index (χ0) is 15.5. The predicted molar refractivity (Wildman–Crippen MR) is 78.3 cm³/mol. The molecule has 2 fully saturated rings. The molecule has 2 aliphatic rings. The van der Waals surface area contributed by atoms with Gasteiger partial charge in [0.1, 0.15) is 0 Å². The van der Waals surface area contributed by atoms with Gasteiger partial charge in [0, 0.05) is 32.4 Å². The average Bonchev–Trinajstić information content (AvgIpc) is 3.04. The predicted octanol–water partition coefficient (Wildman–Crippen LogP) is -0.556. The quantitative estimate of drug-likeness (QED) is 0.738. The minimum atomic E-state index is -0.290. The molecule has 8 heteroatoms. The molecule has 3 amide bonds. The number of carbonyl (C=O) groups is 2. The van der Waals surface area contributed by atoms with Gasteiger partial charge in [0.2, 0.25) is 5.91 Å². The summed E-state index contributed by atoms with van der Waals surface area (Å²) in [6.07, 6.45) is 3.91. The number of urea groups is 1. The summed E-state index contributed by atoms with van der Waals surface area (Å²) in [5.74, 6) is -0.151. The van der Waals surface area contributed by atoms with Crippen molar-refractivity contribution in [3.63, 3.8) is 0 Å². The van der Waals surface area contributed by atoms with Crippen molar-refractivity contribution in [2.45, 2.75) is 19.6 Å². The summed E-state index contributed by atoms with van der Waals surface area (Å²) in [5.41, 5.74) is 1.13. The third kappa shape index (κ3) is 3.45. The lowest BCUT2D eigenvalue weighted by Crippen LogP contribution is -2.47. The van der Waals surface area contributed by atoms with Gasteiger partial charge >= 0.3 is 6.03 Å². The third-order valence-corrected chi connectivity index (χ3v) is 3.95. The molecule has 0 aromatic carbocycles. The molecule has 2 aliphatic heterocycles. The van der Waals surface area contributed by atoms with Crippen LogP contribution >= 0.6 is 0 Å². The van der Waals surface area contributed by atoms with Crippen molar-refractivity contribution in [3.05, 3.63) is 18.0 Å². The van der Waals surface area contributed by atoms with E-state index < -0.39 is 0 Å². The number of nitrogens with one attached hydrogen (secondary N) is 1. The molecule has 0 saturated carbocycles. The van der Waals surface area contributed by atoms with Gasteiger partial charge in [-0.15, -0.1) is 0 Å². The molecule has 1 unspecified atom stereocenters. The number of hydrogen-bond acceptors (Lipinski definition) is 5. The minimum Gasteiger partial charge on any atom is -0.374 e. The Bertz CT molecular complexity index is 542. The van der Waals surface area contributed by atoms with Crippen LogP contribution in [0.15, 0.2) is 12.4 Å². The van der Waals surface area contributed by atoms with E-state index in [1.807, 2.05) is 24.0 Å². The zero-order valence-electron chi connectivity index (χ0n) is 12.7. The van der Waals surface area contributed by atoms with Crippen LogP contribution < -0.4 is 5.32 Å². The Labute approximate surface area is 129 Å². The zero-order valence-corrected chi connectivity index (χ0v) is 12.7. The van der Waals surface area contributed by atoms with E-state index in [1.54, 1.807) is 0 Å². The molecule has 1 N–H and O–H groups in total. The number of hydrogen-bond donors (Lipinski definition) is 1.